The first-order valence-corrected chi connectivity index (χ1v) is 7.55. The van der Waals surface area contributed by atoms with Crippen molar-refractivity contribution < 1.29 is 9.53 Å². The summed E-state index contributed by atoms with van der Waals surface area (Å²) in [5.41, 5.74) is 2.38. The van der Waals surface area contributed by atoms with E-state index >= 15 is 0 Å². The zero-order chi connectivity index (χ0) is 13.8. The number of hydrogen-bond donors (Lipinski definition) is 0. The van der Waals surface area contributed by atoms with Crippen LogP contribution >= 0.6 is 11.3 Å². The minimum atomic E-state index is -0.141. The first-order chi connectivity index (χ1) is 9.15. The van der Waals surface area contributed by atoms with E-state index in [1.54, 1.807) is 11.3 Å². The second-order valence-electron chi connectivity index (χ2n) is 4.78. The SMILES string of the molecule is CCC(C)c1cn2c(CCCC(=O)OC)csc2n1. The maximum Gasteiger partial charge on any atom is 0.305 e. The Morgan fingerprint density at radius 3 is 3.05 bits per heavy atom. The Morgan fingerprint density at radius 1 is 1.58 bits per heavy atom. The van der Waals surface area contributed by atoms with E-state index in [0.29, 0.717) is 12.3 Å². The van der Waals surface area contributed by atoms with E-state index in [9.17, 15) is 4.79 Å². The lowest BCUT2D eigenvalue weighted by Crippen LogP contribution is -2.01. The molecule has 0 aliphatic rings. The predicted molar refractivity (Wildman–Crippen MR) is 76.7 cm³/mol. The van der Waals surface area contributed by atoms with Crippen molar-refractivity contribution in [3.8, 4) is 0 Å². The predicted octanol–water partition coefficient (Wildman–Crippen LogP) is 3.41. The Kier molecular flexibility index (Phi) is 4.58. The van der Waals surface area contributed by atoms with Crippen LogP contribution in [-0.2, 0) is 16.0 Å². The number of thiazole rings is 1. The third kappa shape index (κ3) is 3.15. The molecule has 5 heteroatoms. The number of carbonyl (C=O) groups is 1. The lowest BCUT2D eigenvalue weighted by molar-refractivity contribution is -0.140. The Hall–Kier alpha value is -1.36. The van der Waals surface area contributed by atoms with Crippen LogP contribution in [0.2, 0.25) is 0 Å². The summed E-state index contributed by atoms with van der Waals surface area (Å²) in [7, 11) is 1.43. The fourth-order valence-corrected chi connectivity index (χ4v) is 2.90. The van der Waals surface area contributed by atoms with Crippen LogP contribution in [0.3, 0.4) is 0 Å². The molecule has 2 rings (SSSR count). The standard InChI is InChI=1S/C14H20N2O2S/c1-4-10(2)12-8-16-11(9-19-14(16)15-12)6-5-7-13(17)18-3/h8-10H,4-7H2,1-3H3. The van der Waals surface area contributed by atoms with Gasteiger partial charge < -0.3 is 4.74 Å². The fraction of sp³-hybridized carbons (Fsp3) is 0.571. The quantitative estimate of drug-likeness (QED) is 0.762. The number of aryl methyl sites for hydroxylation is 1. The first kappa shape index (κ1) is 14.1. The first-order valence-electron chi connectivity index (χ1n) is 6.67. The second-order valence-corrected chi connectivity index (χ2v) is 5.62. The summed E-state index contributed by atoms with van der Waals surface area (Å²) in [5, 5.41) is 2.13. The number of nitrogens with zero attached hydrogens (tertiary/aromatic N) is 2. The fourth-order valence-electron chi connectivity index (χ4n) is 1.99. The van der Waals surface area contributed by atoms with Gasteiger partial charge >= 0.3 is 5.97 Å². The summed E-state index contributed by atoms with van der Waals surface area (Å²) in [5.74, 6) is 0.354. The maximum atomic E-state index is 11.1. The molecule has 1 atom stereocenters. The largest absolute Gasteiger partial charge is 0.469 e. The Morgan fingerprint density at radius 2 is 2.37 bits per heavy atom. The molecule has 0 saturated heterocycles. The molecule has 0 aliphatic carbocycles. The van der Waals surface area contributed by atoms with Gasteiger partial charge in [-0.25, -0.2) is 4.98 Å². The van der Waals surface area contributed by atoms with Gasteiger partial charge in [-0.2, -0.15) is 0 Å². The number of methoxy groups -OCH3 is 1. The number of aromatic nitrogens is 2. The van der Waals surface area contributed by atoms with Crippen molar-refractivity contribution in [3.63, 3.8) is 0 Å². The highest BCUT2D eigenvalue weighted by molar-refractivity contribution is 7.15. The molecule has 0 bridgehead atoms. The van der Waals surface area contributed by atoms with Crippen LogP contribution in [0.4, 0.5) is 0 Å². The van der Waals surface area contributed by atoms with Gasteiger partial charge in [0.2, 0.25) is 0 Å². The maximum absolute atomic E-state index is 11.1. The van der Waals surface area contributed by atoms with Gasteiger partial charge in [-0.3, -0.25) is 9.20 Å². The van der Waals surface area contributed by atoms with Crippen LogP contribution in [0.1, 0.15) is 50.4 Å². The zero-order valence-electron chi connectivity index (χ0n) is 11.7. The number of hydrogen-bond acceptors (Lipinski definition) is 4. The molecule has 0 fully saturated rings. The highest BCUT2D eigenvalue weighted by Gasteiger charge is 2.12. The second kappa shape index (κ2) is 6.19. The topological polar surface area (TPSA) is 43.6 Å². The zero-order valence-corrected chi connectivity index (χ0v) is 12.5. The molecule has 0 amide bonds. The van der Waals surface area contributed by atoms with Crippen LogP contribution in [0, 0.1) is 0 Å². The molecular formula is C14H20N2O2S. The minimum absolute atomic E-state index is 0.141. The molecule has 4 nitrogen and oxygen atoms in total. The molecule has 0 saturated carbocycles. The molecule has 0 spiro atoms. The minimum Gasteiger partial charge on any atom is -0.469 e. The highest BCUT2D eigenvalue weighted by Crippen LogP contribution is 2.23. The smallest absolute Gasteiger partial charge is 0.305 e. The van der Waals surface area contributed by atoms with E-state index in [4.69, 9.17) is 0 Å². The lowest BCUT2D eigenvalue weighted by atomic mass is 10.1. The van der Waals surface area contributed by atoms with Crippen molar-refractivity contribution in [2.75, 3.05) is 7.11 Å². The van der Waals surface area contributed by atoms with E-state index in [1.165, 1.54) is 12.8 Å². The summed E-state index contributed by atoms with van der Waals surface area (Å²) in [6.45, 7) is 4.37. The number of imidazole rings is 1. The van der Waals surface area contributed by atoms with Gasteiger partial charge in [0, 0.05) is 23.7 Å². The lowest BCUT2D eigenvalue weighted by Gasteiger charge is -2.02. The summed E-state index contributed by atoms with van der Waals surface area (Å²) in [4.78, 5) is 16.8. The highest BCUT2D eigenvalue weighted by atomic mass is 32.1. The van der Waals surface area contributed by atoms with Gasteiger partial charge in [-0.15, -0.1) is 11.3 Å². The van der Waals surface area contributed by atoms with Crippen molar-refractivity contribution in [2.24, 2.45) is 0 Å². The molecular weight excluding hydrogens is 260 g/mol. The molecule has 0 N–H and O–H groups in total. The molecule has 2 aromatic heterocycles. The van der Waals surface area contributed by atoms with Crippen molar-refractivity contribution in [1.82, 2.24) is 9.38 Å². The Balaban J connectivity index is 2.07. The molecule has 19 heavy (non-hydrogen) atoms. The summed E-state index contributed by atoms with van der Waals surface area (Å²) >= 11 is 1.66. The monoisotopic (exact) mass is 280 g/mol. The van der Waals surface area contributed by atoms with Crippen molar-refractivity contribution >= 4 is 22.3 Å². The van der Waals surface area contributed by atoms with Crippen molar-refractivity contribution in [1.29, 1.82) is 0 Å². The van der Waals surface area contributed by atoms with E-state index in [1.807, 2.05) is 0 Å². The summed E-state index contributed by atoms with van der Waals surface area (Å²) in [6, 6.07) is 0. The van der Waals surface area contributed by atoms with Crippen LogP contribution in [0.5, 0.6) is 0 Å². The molecule has 0 aliphatic heterocycles. The van der Waals surface area contributed by atoms with Crippen LogP contribution in [0.15, 0.2) is 11.6 Å². The van der Waals surface area contributed by atoms with Gasteiger partial charge in [0.1, 0.15) is 0 Å². The van der Waals surface area contributed by atoms with Crippen LogP contribution in [-0.4, -0.2) is 22.5 Å². The molecule has 2 aromatic rings. The van der Waals surface area contributed by atoms with Crippen LogP contribution < -0.4 is 0 Å². The third-order valence-electron chi connectivity index (χ3n) is 3.46. The van der Waals surface area contributed by atoms with Crippen LogP contribution in [0.25, 0.3) is 4.96 Å². The van der Waals surface area contributed by atoms with E-state index in [2.05, 4.69) is 39.5 Å². The van der Waals surface area contributed by atoms with Crippen molar-refractivity contribution in [2.45, 2.75) is 45.4 Å². The van der Waals surface area contributed by atoms with Gasteiger partial charge in [0.25, 0.3) is 0 Å². The number of esters is 1. The van der Waals surface area contributed by atoms with E-state index < -0.39 is 0 Å². The number of carbonyl (C=O) groups excluding carboxylic acids is 1. The van der Waals surface area contributed by atoms with Gasteiger partial charge in [0.05, 0.1) is 12.8 Å². The molecule has 0 aromatic carbocycles. The average Bonchev–Trinajstić information content (AvgIpc) is 2.99. The van der Waals surface area contributed by atoms with Crippen molar-refractivity contribution in [3.05, 3.63) is 23.0 Å². The molecule has 1 unspecified atom stereocenters. The van der Waals surface area contributed by atoms with Gasteiger partial charge in [-0.05, 0) is 25.2 Å². The number of ether oxygens (including phenoxy) is 1. The normalized spacial score (nSPS) is 12.8. The number of rotatable bonds is 6. The molecule has 0 radical (unpaired) electrons. The Bertz CT molecular complexity index is 559. The van der Waals surface area contributed by atoms with E-state index in [-0.39, 0.29) is 5.97 Å². The summed E-state index contributed by atoms with van der Waals surface area (Å²) in [6.07, 6.45) is 5.40. The molecule has 2 heterocycles. The Labute approximate surface area is 117 Å². The summed E-state index contributed by atoms with van der Waals surface area (Å²) < 4.78 is 6.81. The number of fused-ring (bicyclic) bond motifs is 1. The van der Waals surface area contributed by atoms with E-state index in [0.717, 1.165) is 29.9 Å². The molecule has 104 valence electrons. The van der Waals surface area contributed by atoms with Gasteiger partial charge in [0.15, 0.2) is 4.96 Å². The third-order valence-corrected chi connectivity index (χ3v) is 4.35. The van der Waals surface area contributed by atoms with Gasteiger partial charge in [-0.1, -0.05) is 13.8 Å². The average molecular weight is 280 g/mol.